The molecule has 154 valence electrons. The van der Waals surface area contributed by atoms with Gasteiger partial charge in [-0.25, -0.2) is 4.79 Å². The summed E-state index contributed by atoms with van der Waals surface area (Å²) < 4.78 is 6.86. The molecule has 2 aromatic carbocycles. The van der Waals surface area contributed by atoms with E-state index in [9.17, 15) is 19.7 Å². The van der Waals surface area contributed by atoms with Crippen LogP contribution in [0.15, 0.2) is 54.6 Å². The maximum Gasteiger partial charge on any atom is 0.342 e. The zero-order chi connectivity index (χ0) is 21.7. The normalized spacial score (nSPS) is 10.5. The van der Waals surface area contributed by atoms with Crippen molar-refractivity contribution in [3.63, 3.8) is 0 Å². The minimum atomic E-state index is -0.636. The molecule has 3 aromatic rings. The highest BCUT2D eigenvalue weighted by Gasteiger charge is 2.21. The Morgan fingerprint density at radius 1 is 1.10 bits per heavy atom. The van der Waals surface area contributed by atoms with Gasteiger partial charge in [0.15, 0.2) is 6.61 Å². The van der Waals surface area contributed by atoms with Crippen molar-refractivity contribution < 1.29 is 19.2 Å². The fourth-order valence-electron chi connectivity index (χ4n) is 2.97. The third-order valence-corrected chi connectivity index (χ3v) is 4.46. The average molecular weight is 408 g/mol. The van der Waals surface area contributed by atoms with Crippen LogP contribution in [0, 0.1) is 24.0 Å². The van der Waals surface area contributed by atoms with Crippen molar-refractivity contribution in [2.24, 2.45) is 0 Å². The second-order valence-electron chi connectivity index (χ2n) is 6.62. The molecule has 0 saturated heterocycles. The van der Waals surface area contributed by atoms with E-state index in [2.05, 4.69) is 10.4 Å². The second-order valence-corrected chi connectivity index (χ2v) is 6.62. The molecule has 0 spiro atoms. The number of anilines is 1. The van der Waals surface area contributed by atoms with Crippen molar-refractivity contribution in [3.8, 4) is 0 Å². The van der Waals surface area contributed by atoms with Crippen LogP contribution in [0.3, 0.4) is 0 Å². The van der Waals surface area contributed by atoms with Gasteiger partial charge in [-0.1, -0.05) is 30.3 Å². The Balaban J connectivity index is 1.60. The molecule has 0 fully saturated rings. The summed E-state index contributed by atoms with van der Waals surface area (Å²) in [6.45, 7) is 3.51. The Kier molecular flexibility index (Phi) is 6.21. The number of nitrogens with zero attached hydrogens (tertiary/aromatic N) is 3. The summed E-state index contributed by atoms with van der Waals surface area (Å²) in [5.74, 6) is -1.19. The van der Waals surface area contributed by atoms with Crippen LogP contribution in [0.2, 0.25) is 0 Å². The van der Waals surface area contributed by atoms with Crippen molar-refractivity contribution in [2.45, 2.75) is 20.4 Å². The second kappa shape index (κ2) is 8.99. The van der Waals surface area contributed by atoms with E-state index in [1.54, 1.807) is 18.5 Å². The Morgan fingerprint density at radius 3 is 2.40 bits per heavy atom. The number of esters is 1. The summed E-state index contributed by atoms with van der Waals surface area (Å²) in [5.41, 5.74) is 2.82. The summed E-state index contributed by atoms with van der Waals surface area (Å²) in [7, 11) is 0. The SMILES string of the molecule is Cc1nn(Cc2ccccc2)c(C)c1C(=O)OCC(=O)Nc1ccc([N+](=O)[O-])cc1. The lowest BCUT2D eigenvalue weighted by atomic mass is 10.2. The summed E-state index contributed by atoms with van der Waals surface area (Å²) in [6, 6.07) is 15.1. The number of aryl methyl sites for hydroxylation is 1. The highest BCUT2D eigenvalue weighted by molar-refractivity contribution is 5.96. The molecular weight excluding hydrogens is 388 g/mol. The summed E-state index contributed by atoms with van der Waals surface area (Å²) >= 11 is 0. The molecular formula is C21H20N4O5. The summed E-state index contributed by atoms with van der Waals surface area (Å²) in [4.78, 5) is 34.7. The fraction of sp³-hybridized carbons (Fsp3) is 0.190. The summed E-state index contributed by atoms with van der Waals surface area (Å²) in [5, 5.41) is 17.6. The zero-order valence-electron chi connectivity index (χ0n) is 16.5. The first-order valence-electron chi connectivity index (χ1n) is 9.14. The molecule has 0 radical (unpaired) electrons. The van der Waals surface area contributed by atoms with E-state index >= 15 is 0 Å². The predicted molar refractivity (Wildman–Crippen MR) is 109 cm³/mol. The number of carbonyl (C=O) groups is 2. The Morgan fingerprint density at radius 2 is 1.77 bits per heavy atom. The van der Waals surface area contributed by atoms with E-state index in [0.717, 1.165) is 5.56 Å². The van der Waals surface area contributed by atoms with Crippen molar-refractivity contribution in [3.05, 3.63) is 87.2 Å². The topological polar surface area (TPSA) is 116 Å². The number of hydrogen-bond acceptors (Lipinski definition) is 6. The number of amides is 1. The van der Waals surface area contributed by atoms with Gasteiger partial charge in [0.05, 0.1) is 22.9 Å². The van der Waals surface area contributed by atoms with Crippen LogP contribution in [0.4, 0.5) is 11.4 Å². The molecule has 1 heterocycles. The van der Waals surface area contributed by atoms with E-state index in [1.165, 1.54) is 24.3 Å². The largest absolute Gasteiger partial charge is 0.452 e. The van der Waals surface area contributed by atoms with Crippen LogP contribution in [0.25, 0.3) is 0 Å². The molecule has 1 aromatic heterocycles. The maximum atomic E-state index is 12.5. The molecule has 0 aliphatic heterocycles. The lowest BCUT2D eigenvalue weighted by molar-refractivity contribution is -0.384. The lowest BCUT2D eigenvalue weighted by Gasteiger charge is -2.07. The van der Waals surface area contributed by atoms with Gasteiger partial charge < -0.3 is 10.1 Å². The van der Waals surface area contributed by atoms with Gasteiger partial charge in [0.2, 0.25) is 0 Å². The monoisotopic (exact) mass is 408 g/mol. The average Bonchev–Trinajstić information content (AvgIpc) is 3.00. The van der Waals surface area contributed by atoms with Gasteiger partial charge in [-0.15, -0.1) is 0 Å². The standard InChI is InChI=1S/C21H20N4O5/c1-14-20(15(2)24(23-14)12-16-6-4-3-5-7-16)21(27)30-13-19(26)22-17-8-10-18(11-9-17)25(28)29/h3-11H,12-13H2,1-2H3,(H,22,26). The number of non-ortho nitro benzene ring substituents is 1. The Hall–Kier alpha value is -4.01. The highest BCUT2D eigenvalue weighted by atomic mass is 16.6. The third-order valence-electron chi connectivity index (χ3n) is 4.46. The van der Waals surface area contributed by atoms with Crippen LogP contribution >= 0.6 is 0 Å². The molecule has 0 bridgehead atoms. The first-order chi connectivity index (χ1) is 14.3. The van der Waals surface area contributed by atoms with Crippen molar-refractivity contribution in [1.82, 2.24) is 9.78 Å². The van der Waals surface area contributed by atoms with E-state index in [0.29, 0.717) is 29.2 Å². The minimum Gasteiger partial charge on any atom is -0.452 e. The van der Waals surface area contributed by atoms with Gasteiger partial charge in [-0.2, -0.15) is 5.10 Å². The molecule has 0 atom stereocenters. The number of nitro benzene ring substituents is 1. The number of ether oxygens (including phenoxy) is 1. The maximum absolute atomic E-state index is 12.5. The summed E-state index contributed by atoms with van der Waals surface area (Å²) in [6.07, 6.45) is 0. The fourth-order valence-corrected chi connectivity index (χ4v) is 2.97. The number of nitrogens with one attached hydrogen (secondary N) is 1. The lowest BCUT2D eigenvalue weighted by Crippen LogP contribution is -2.21. The highest BCUT2D eigenvalue weighted by Crippen LogP contribution is 2.17. The molecule has 0 aliphatic carbocycles. The first-order valence-corrected chi connectivity index (χ1v) is 9.14. The molecule has 9 nitrogen and oxygen atoms in total. The van der Waals surface area contributed by atoms with Crippen LogP contribution in [-0.4, -0.2) is 33.2 Å². The van der Waals surface area contributed by atoms with Crippen molar-refractivity contribution in [1.29, 1.82) is 0 Å². The van der Waals surface area contributed by atoms with Crippen LogP contribution in [0.1, 0.15) is 27.3 Å². The van der Waals surface area contributed by atoms with Gasteiger partial charge in [0, 0.05) is 17.8 Å². The number of benzene rings is 2. The van der Waals surface area contributed by atoms with E-state index < -0.39 is 23.4 Å². The van der Waals surface area contributed by atoms with Gasteiger partial charge in [-0.3, -0.25) is 19.6 Å². The number of nitro groups is 1. The van der Waals surface area contributed by atoms with Gasteiger partial charge >= 0.3 is 5.97 Å². The van der Waals surface area contributed by atoms with Crippen molar-refractivity contribution >= 4 is 23.3 Å². The molecule has 1 amide bonds. The zero-order valence-corrected chi connectivity index (χ0v) is 16.5. The van der Waals surface area contributed by atoms with E-state index in [1.807, 2.05) is 30.3 Å². The van der Waals surface area contributed by atoms with E-state index in [4.69, 9.17) is 4.74 Å². The number of carbonyl (C=O) groups excluding carboxylic acids is 2. The minimum absolute atomic E-state index is 0.0853. The predicted octanol–water partition coefficient (Wildman–Crippen LogP) is 3.25. The van der Waals surface area contributed by atoms with Crippen LogP contribution in [-0.2, 0) is 16.1 Å². The molecule has 0 aliphatic rings. The molecule has 1 N–H and O–H groups in total. The van der Waals surface area contributed by atoms with Gasteiger partial charge in [0.25, 0.3) is 11.6 Å². The quantitative estimate of drug-likeness (QED) is 0.364. The van der Waals surface area contributed by atoms with Gasteiger partial charge in [-0.05, 0) is 31.5 Å². The first kappa shape index (κ1) is 20.7. The van der Waals surface area contributed by atoms with Crippen LogP contribution < -0.4 is 5.32 Å². The molecule has 9 heteroatoms. The van der Waals surface area contributed by atoms with Crippen LogP contribution in [0.5, 0.6) is 0 Å². The molecule has 3 rings (SSSR count). The Bertz CT molecular complexity index is 1070. The van der Waals surface area contributed by atoms with Crippen molar-refractivity contribution in [2.75, 3.05) is 11.9 Å². The molecule has 0 saturated carbocycles. The smallest absolute Gasteiger partial charge is 0.342 e. The molecule has 30 heavy (non-hydrogen) atoms. The molecule has 0 unspecified atom stereocenters. The van der Waals surface area contributed by atoms with Gasteiger partial charge in [0.1, 0.15) is 5.56 Å². The van der Waals surface area contributed by atoms with E-state index in [-0.39, 0.29) is 5.69 Å². The number of hydrogen-bond donors (Lipinski definition) is 1. The Labute approximate surface area is 172 Å². The third kappa shape index (κ3) is 4.88. The number of rotatable bonds is 7. The number of aromatic nitrogens is 2.